The van der Waals surface area contributed by atoms with Gasteiger partial charge in [-0.1, -0.05) is 45.7 Å². The van der Waals surface area contributed by atoms with E-state index < -0.39 is 6.10 Å². The zero-order valence-electron chi connectivity index (χ0n) is 11.1. The largest absolute Gasteiger partial charge is 0.384 e. The molecule has 0 saturated heterocycles. The van der Waals surface area contributed by atoms with Crippen LogP contribution in [0.5, 0.6) is 0 Å². The van der Waals surface area contributed by atoms with Gasteiger partial charge < -0.3 is 10.4 Å². The molecular formula is C16H13BrClNO2. The lowest BCUT2D eigenvalue weighted by Gasteiger charge is -2.20. The van der Waals surface area contributed by atoms with Crippen LogP contribution in [0.25, 0.3) is 0 Å². The van der Waals surface area contributed by atoms with E-state index in [1.165, 1.54) is 0 Å². The quantitative estimate of drug-likeness (QED) is 0.842. The van der Waals surface area contributed by atoms with Crippen molar-refractivity contribution in [1.82, 2.24) is 0 Å². The van der Waals surface area contributed by atoms with Crippen LogP contribution in [0.15, 0.2) is 40.9 Å². The maximum atomic E-state index is 11.4. The minimum atomic E-state index is -0.784. The van der Waals surface area contributed by atoms with Gasteiger partial charge in [0.15, 0.2) is 0 Å². The Labute approximate surface area is 136 Å². The Hall–Kier alpha value is -1.36. The fourth-order valence-corrected chi connectivity index (χ4v) is 3.25. The fourth-order valence-electron chi connectivity index (χ4n) is 2.48. The van der Waals surface area contributed by atoms with Crippen molar-refractivity contribution < 1.29 is 9.90 Å². The lowest BCUT2D eigenvalue weighted by Crippen LogP contribution is -2.19. The van der Waals surface area contributed by atoms with E-state index in [-0.39, 0.29) is 5.91 Å². The lowest BCUT2D eigenvalue weighted by molar-refractivity contribution is -0.116. The Morgan fingerprint density at radius 3 is 2.76 bits per heavy atom. The number of rotatable bonds is 2. The first kappa shape index (κ1) is 14.6. The first-order valence-electron chi connectivity index (χ1n) is 6.60. The van der Waals surface area contributed by atoms with Gasteiger partial charge in [0, 0.05) is 27.2 Å². The average molecular weight is 367 g/mol. The molecule has 21 heavy (non-hydrogen) atoms. The molecule has 1 aliphatic heterocycles. The molecule has 0 bridgehead atoms. The SMILES string of the molecule is O=C1CCc2cc(C(O)c3ccc(Br)cc3Cl)ccc2N1. The number of benzene rings is 2. The normalized spacial score (nSPS) is 15.3. The first-order chi connectivity index (χ1) is 10.0. The third-order valence-electron chi connectivity index (χ3n) is 3.60. The summed E-state index contributed by atoms with van der Waals surface area (Å²) < 4.78 is 0.872. The summed E-state index contributed by atoms with van der Waals surface area (Å²) in [4.78, 5) is 11.4. The fraction of sp³-hybridized carbons (Fsp3) is 0.188. The monoisotopic (exact) mass is 365 g/mol. The standard InChI is InChI=1S/C16H13BrClNO2/c17-11-3-4-12(13(18)8-11)16(21)10-1-5-14-9(7-10)2-6-15(20)19-14/h1,3-5,7-8,16,21H,2,6H2,(H,19,20). The number of amides is 1. The van der Waals surface area contributed by atoms with E-state index in [1.54, 1.807) is 12.1 Å². The van der Waals surface area contributed by atoms with Gasteiger partial charge in [0.2, 0.25) is 5.91 Å². The number of aliphatic hydroxyl groups excluding tert-OH is 1. The minimum Gasteiger partial charge on any atom is -0.384 e. The van der Waals surface area contributed by atoms with Gasteiger partial charge >= 0.3 is 0 Å². The molecule has 1 unspecified atom stereocenters. The van der Waals surface area contributed by atoms with Gasteiger partial charge in [-0.05, 0) is 35.7 Å². The number of halogens is 2. The maximum absolute atomic E-state index is 11.4. The van der Waals surface area contributed by atoms with Crippen LogP contribution >= 0.6 is 27.5 Å². The molecule has 2 aromatic carbocycles. The molecule has 1 heterocycles. The molecule has 1 amide bonds. The van der Waals surface area contributed by atoms with Crippen molar-refractivity contribution >= 4 is 39.1 Å². The second-order valence-corrected chi connectivity index (χ2v) is 6.36. The molecule has 1 atom stereocenters. The van der Waals surface area contributed by atoms with Crippen molar-refractivity contribution in [3.8, 4) is 0 Å². The van der Waals surface area contributed by atoms with Crippen LogP contribution in [0.4, 0.5) is 5.69 Å². The molecule has 3 nitrogen and oxygen atoms in total. The Bertz CT molecular complexity index is 717. The summed E-state index contributed by atoms with van der Waals surface area (Å²) in [6.07, 6.45) is 0.384. The van der Waals surface area contributed by atoms with Crippen molar-refractivity contribution in [3.05, 3.63) is 62.6 Å². The van der Waals surface area contributed by atoms with Gasteiger partial charge in [0.25, 0.3) is 0 Å². The first-order valence-corrected chi connectivity index (χ1v) is 7.77. The molecule has 2 aromatic rings. The number of fused-ring (bicyclic) bond motifs is 1. The predicted octanol–water partition coefficient (Wildman–Crippen LogP) is 4.07. The van der Waals surface area contributed by atoms with Gasteiger partial charge in [0.05, 0.1) is 0 Å². The van der Waals surface area contributed by atoms with E-state index in [4.69, 9.17) is 11.6 Å². The van der Waals surface area contributed by atoms with Crippen molar-refractivity contribution in [2.24, 2.45) is 0 Å². The van der Waals surface area contributed by atoms with Crippen LogP contribution in [0.3, 0.4) is 0 Å². The van der Waals surface area contributed by atoms with Crippen LogP contribution in [0.1, 0.15) is 29.2 Å². The van der Waals surface area contributed by atoms with Gasteiger partial charge in [-0.2, -0.15) is 0 Å². The van der Waals surface area contributed by atoms with Crippen LogP contribution < -0.4 is 5.32 Å². The Balaban J connectivity index is 1.95. The number of aryl methyl sites for hydroxylation is 1. The number of carbonyl (C=O) groups excluding carboxylic acids is 1. The molecule has 0 radical (unpaired) electrons. The van der Waals surface area contributed by atoms with Crippen LogP contribution in [0.2, 0.25) is 5.02 Å². The Morgan fingerprint density at radius 1 is 1.19 bits per heavy atom. The molecule has 0 aliphatic carbocycles. The molecule has 0 saturated carbocycles. The highest BCUT2D eigenvalue weighted by Crippen LogP contribution is 2.33. The highest BCUT2D eigenvalue weighted by Gasteiger charge is 2.19. The number of aliphatic hydroxyl groups is 1. The number of nitrogens with one attached hydrogen (secondary N) is 1. The lowest BCUT2D eigenvalue weighted by atomic mass is 9.95. The third-order valence-corrected chi connectivity index (χ3v) is 4.42. The van der Waals surface area contributed by atoms with Gasteiger partial charge in [-0.3, -0.25) is 4.79 Å². The Morgan fingerprint density at radius 2 is 2.00 bits per heavy atom. The minimum absolute atomic E-state index is 0.0340. The summed E-state index contributed by atoms with van der Waals surface area (Å²) in [7, 11) is 0. The van der Waals surface area contributed by atoms with Gasteiger partial charge in [-0.15, -0.1) is 0 Å². The molecule has 108 valence electrons. The van der Waals surface area contributed by atoms with E-state index in [0.29, 0.717) is 23.4 Å². The van der Waals surface area contributed by atoms with E-state index in [1.807, 2.05) is 24.3 Å². The topological polar surface area (TPSA) is 49.3 Å². The zero-order chi connectivity index (χ0) is 15.0. The maximum Gasteiger partial charge on any atom is 0.224 e. The highest BCUT2D eigenvalue weighted by atomic mass is 79.9. The van der Waals surface area contributed by atoms with Crippen LogP contribution in [-0.2, 0) is 11.2 Å². The molecule has 0 spiro atoms. The number of carbonyl (C=O) groups is 1. The summed E-state index contributed by atoms with van der Waals surface area (Å²) in [5.74, 6) is 0.0340. The second-order valence-electron chi connectivity index (χ2n) is 5.03. The number of hydrogen-bond donors (Lipinski definition) is 2. The predicted molar refractivity (Wildman–Crippen MR) is 86.6 cm³/mol. The molecule has 2 N–H and O–H groups in total. The zero-order valence-corrected chi connectivity index (χ0v) is 13.4. The summed E-state index contributed by atoms with van der Waals surface area (Å²) in [5.41, 5.74) is 3.30. The Kier molecular flexibility index (Phi) is 4.02. The molecule has 1 aliphatic rings. The summed E-state index contributed by atoms with van der Waals surface area (Å²) >= 11 is 9.54. The number of anilines is 1. The van der Waals surface area contributed by atoms with Crippen molar-refractivity contribution in [2.75, 3.05) is 5.32 Å². The van der Waals surface area contributed by atoms with E-state index >= 15 is 0 Å². The van der Waals surface area contributed by atoms with Gasteiger partial charge in [-0.25, -0.2) is 0 Å². The summed E-state index contributed by atoms with van der Waals surface area (Å²) in [6, 6.07) is 11.0. The summed E-state index contributed by atoms with van der Waals surface area (Å²) in [5, 5.41) is 13.9. The summed E-state index contributed by atoms with van der Waals surface area (Å²) in [6.45, 7) is 0. The molecule has 3 rings (SSSR count). The second kappa shape index (κ2) is 5.79. The van der Waals surface area contributed by atoms with Gasteiger partial charge in [0.1, 0.15) is 6.10 Å². The van der Waals surface area contributed by atoms with E-state index in [2.05, 4.69) is 21.2 Å². The van der Waals surface area contributed by atoms with Crippen LogP contribution in [0, 0.1) is 0 Å². The van der Waals surface area contributed by atoms with E-state index in [0.717, 1.165) is 21.3 Å². The van der Waals surface area contributed by atoms with Crippen molar-refractivity contribution in [2.45, 2.75) is 18.9 Å². The highest BCUT2D eigenvalue weighted by molar-refractivity contribution is 9.10. The van der Waals surface area contributed by atoms with Crippen molar-refractivity contribution in [1.29, 1.82) is 0 Å². The number of hydrogen-bond acceptors (Lipinski definition) is 2. The molecule has 0 fully saturated rings. The molecule has 5 heteroatoms. The van der Waals surface area contributed by atoms with E-state index in [9.17, 15) is 9.90 Å². The smallest absolute Gasteiger partial charge is 0.224 e. The average Bonchev–Trinajstić information content (AvgIpc) is 2.46. The molecule has 0 aromatic heterocycles. The molecular weight excluding hydrogens is 354 g/mol. The third kappa shape index (κ3) is 2.98. The van der Waals surface area contributed by atoms with Crippen molar-refractivity contribution in [3.63, 3.8) is 0 Å². The van der Waals surface area contributed by atoms with Crippen LogP contribution in [-0.4, -0.2) is 11.0 Å².